The van der Waals surface area contributed by atoms with Crippen molar-refractivity contribution in [1.29, 1.82) is 0 Å². The summed E-state index contributed by atoms with van der Waals surface area (Å²) in [5, 5.41) is 5.48. The molecule has 144 valence electrons. The van der Waals surface area contributed by atoms with Gasteiger partial charge in [-0.3, -0.25) is 9.59 Å². The van der Waals surface area contributed by atoms with Gasteiger partial charge in [0.15, 0.2) is 6.54 Å². The molecule has 2 rings (SSSR count). The highest BCUT2D eigenvalue weighted by Crippen LogP contribution is 2.19. The van der Waals surface area contributed by atoms with Crippen molar-refractivity contribution in [3.8, 4) is 0 Å². The lowest BCUT2D eigenvalue weighted by Gasteiger charge is -2.18. The molecular weight excluding hydrogens is 362 g/mol. The van der Waals surface area contributed by atoms with E-state index in [1.807, 2.05) is 68.6 Å². The number of aryl methyl sites for hydroxylation is 2. The highest BCUT2D eigenvalue weighted by molar-refractivity contribution is 6.31. The van der Waals surface area contributed by atoms with Crippen LogP contribution in [-0.4, -0.2) is 36.9 Å². The Balaban J connectivity index is 1.85. The number of hydrogen-bond acceptors (Lipinski definition) is 2. The zero-order chi connectivity index (χ0) is 20.0. The second-order valence-corrected chi connectivity index (χ2v) is 7.27. The van der Waals surface area contributed by atoms with Crippen molar-refractivity contribution >= 4 is 29.1 Å². The van der Waals surface area contributed by atoms with Gasteiger partial charge in [0.2, 0.25) is 5.91 Å². The van der Waals surface area contributed by atoms with Crippen LogP contribution in [0.4, 0.5) is 5.69 Å². The van der Waals surface area contributed by atoms with E-state index in [1.54, 1.807) is 7.05 Å². The maximum atomic E-state index is 12.4. The van der Waals surface area contributed by atoms with E-state index in [0.717, 1.165) is 22.4 Å². The molecule has 0 aliphatic carbocycles. The zero-order valence-electron chi connectivity index (χ0n) is 16.3. The van der Waals surface area contributed by atoms with E-state index in [1.165, 1.54) is 4.90 Å². The Kier molecular flexibility index (Phi) is 7.39. The molecule has 0 aliphatic rings. The molecule has 0 heterocycles. The maximum absolute atomic E-state index is 12.4. The van der Waals surface area contributed by atoms with E-state index in [-0.39, 0.29) is 30.9 Å². The van der Waals surface area contributed by atoms with Crippen molar-refractivity contribution < 1.29 is 14.9 Å². The Bertz CT molecular complexity index is 823. The lowest BCUT2D eigenvalue weighted by molar-refractivity contribution is -0.683. The average Bonchev–Trinajstić information content (AvgIpc) is 2.62. The summed E-state index contributed by atoms with van der Waals surface area (Å²) in [6.07, 6.45) is 0. The second-order valence-electron chi connectivity index (χ2n) is 6.87. The summed E-state index contributed by atoms with van der Waals surface area (Å²) in [5.41, 5.74) is 3.83. The number of nitrogens with zero attached hydrogens (tertiary/aromatic N) is 1. The number of quaternary nitrogens is 1. The fourth-order valence-electron chi connectivity index (χ4n) is 2.77. The Hall–Kier alpha value is -2.37. The van der Waals surface area contributed by atoms with Crippen LogP contribution in [0.15, 0.2) is 42.5 Å². The third-order valence-electron chi connectivity index (χ3n) is 4.52. The third kappa shape index (κ3) is 6.08. The number of carbonyl (C=O) groups is 2. The van der Waals surface area contributed by atoms with Gasteiger partial charge in [0.1, 0.15) is 6.04 Å². The van der Waals surface area contributed by atoms with Crippen molar-refractivity contribution in [1.82, 2.24) is 4.90 Å². The molecule has 0 fully saturated rings. The number of halogens is 1. The standard InChI is InChI=1S/C21H26ClN3O2/c1-14-9-10-15(2)19(11-14)24-20(26)13-25(4)21(27)12-23-16(3)17-7-5-6-8-18(17)22/h5-11,16,23H,12-13H2,1-4H3,(H,24,26)/p+1/t16-/m0/s1. The predicted octanol–water partition coefficient (Wildman–Crippen LogP) is 2.68. The predicted molar refractivity (Wildman–Crippen MR) is 109 cm³/mol. The summed E-state index contributed by atoms with van der Waals surface area (Å²) in [7, 11) is 1.64. The van der Waals surface area contributed by atoms with E-state index in [4.69, 9.17) is 11.6 Å². The molecule has 27 heavy (non-hydrogen) atoms. The number of hydrogen-bond donors (Lipinski definition) is 2. The summed E-state index contributed by atoms with van der Waals surface area (Å²) in [5.74, 6) is -0.316. The van der Waals surface area contributed by atoms with Gasteiger partial charge in [0, 0.05) is 23.3 Å². The molecule has 1 atom stereocenters. The highest BCUT2D eigenvalue weighted by atomic mass is 35.5. The van der Waals surface area contributed by atoms with Gasteiger partial charge in [-0.1, -0.05) is 41.9 Å². The lowest BCUT2D eigenvalue weighted by Crippen LogP contribution is -2.87. The van der Waals surface area contributed by atoms with Crippen LogP contribution in [0.2, 0.25) is 5.02 Å². The van der Waals surface area contributed by atoms with Crippen molar-refractivity contribution in [2.75, 3.05) is 25.5 Å². The van der Waals surface area contributed by atoms with Gasteiger partial charge in [0.25, 0.3) is 5.91 Å². The number of nitrogens with one attached hydrogen (secondary N) is 1. The molecule has 0 radical (unpaired) electrons. The minimum Gasteiger partial charge on any atom is -0.332 e. The van der Waals surface area contributed by atoms with Crippen LogP contribution in [0.25, 0.3) is 0 Å². The summed E-state index contributed by atoms with van der Waals surface area (Å²) in [6, 6.07) is 13.5. The summed E-state index contributed by atoms with van der Waals surface area (Å²) in [4.78, 5) is 26.1. The van der Waals surface area contributed by atoms with Crippen molar-refractivity contribution in [2.24, 2.45) is 0 Å². The molecule has 0 aromatic heterocycles. The number of carbonyl (C=O) groups excluding carboxylic acids is 2. The number of likely N-dealkylation sites (N-methyl/N-ethyl adjacent to an activating group) is 1. The van der Waals surface area contributed by atoms with E-state index < -0.39 is 0 Å². The molecule has 0 spiro atoms. The van der Waals surface area contributed by atoms with Crippen LogP contribution in [0.1, 0.15) is 29.7 Å². The van der Waals surface area contributed by atoms with Gasteiger partial charge in [-0.05, 0) is 44.0 Å². The molecule has 6 heteroatoms. The Morgan fingerprint density at radius 1 is 1.19 bits per heavy atom. The molecule has 2 amide bonds. The quantitative estimate of drug-likeness (QED) is 0.765. The number of nitrogens with two attached hydrogens (primary N) is 1. The van der Waals surface area contributed by atoms with Gasteiger partial charge < -0.3 is 15.5 Å². The molecular formula is C21H27ClN3O2+. The van der Waals surface area contributed by atoms with Crippen LogP contribution in [0.5, 0.6) is 0 Å². The third-order valence-corrected chi connectivity index (χ3v) is 4.86. The molecule has 0 aliphatic heterocycles. The Morgan fingerprint density at radius 3 is 2.59 bits per heavy atom. The van der Waals surface area contributed by atoms with E-state index >= 15 is 0 Å². The zero-order valence-corrected chi connectivity index (χ0v) is 17.0. The van der Waals surface area contributed by atoms with Gasteiger partial charge in [0.05, 0.1) is 6.54 Å². The number of benzene rings is 2. The number of amides is 2. The summed E-state index contributed by atoms with van der Waals surface area (Å²) >= 11 is 6.20. The fourth-order valence-corrected chi connectivity index (χ4v) is 3.08. The van der Waals surface area contributed by atoms with Crippen LogP contribution < -0.4 is 10.6 Å². The molecule has 0 unspecified atom stereocenters. The minimum atomic E-state index is -0.210. The lowest BCUT2D eigenvalue weighted by atomic mass is 10.1. The van der Waals surface area contributed by atoms with Crippen molar-refractivity contribution in [3.05, 3.63) is 64.2 Å². The SMILES string of the molecule is Cc1ccc(C)c(NC(=O)CN(C)C(=O)C[NH2+][C@@H](C)c2ccccc2Cl)c1. The Morgan fingerprint density at radius 2 is 1.89 bits per heavy atom. The summed E-state index contributed by atoms with van der Waals surface area (Å²) in [6.45, 7) is 6.18. The van der Waals surface area contributed by atoms with Crippen molar-refractivity contribution in [3.63, 3.8) is 0 Å². The first kappa shape index (κ1) is 20.9. The Labute approximate surface area is 165 Å². The van der Waals surface area contributed by atoms with Crippen LogP contribution in [-0.2, 0) is 9.59 Å². The van der Waals surface area contributed by atoms with Crippen LogP contribution in [0.3, 0.4) is 0 Å². The van der Waals surface area contributed by atoms with Crippen LogP contribution >= 0.6 is 11.6 Å². The molecule has 0 saturated heterocycles. The molecule has 3 N–H and O–H groups in total. The highest BCUT2D eigenvalue weighted by Gasteiger charge is 2.18. The summed E-state index contributed by atoms with van der Waals surface area (Å²) < 4.78 is 0. The van der Waals surface area contributed by atoms with E-state index in [0.29, 0.717) is 5.02 Å². The first-order chi connectivity index (χ1) is 12.8. The van der Waals surface area contributed by atoms with Gasteiger partial charge in [-0.25, -0.2) is 0 Å². The average molecular weight is 389 g/mol. The molecule has 0 saturated carbocycles. The van der Waals surface area contributed by atoms with E-state index in [2.05, 4.69) is 5.32 Å². The minimum absolute atomic E-state index is 0.0144. The normalized spacial score (nSPS) is 11.7. The smallest absolute Gasteiger partial charge is 0.277 e. The first-order valence-electron chi connectivity index (χ1n) is 8.96. The van der Waals surface area contributed by atoms with Gasteiger partial charge in [-0.15, -0.1) is 0 Å². The second kappa shape index (κ2) is 9.53. The van der Waals surface area contributed by atoms with E-state index in [9.17, 15) is 9.59 Å². The molecule has 2 aromatic carbocycles. The number of anilines is 1. The monoisotopic (exact) mass is 388 g/mol. The van der Waals surface area contributed by atoms with Crippen molar-refractivity contribution in [2.45, 2.75) is 26.8 Å². The van der Waals surface area contributed by atoms with Gasteiger partial charge >= 0.3 is 0 Å². The molecule has 0 bridgehead atoms. The molecule has 2 aromatic rings. The van der Waals surface area contributed by atoms with Gasteiger partial charge in [-0.2, -0.15) is 0 Å². The maximum Gasteiger partial charge on any atom is 0.277 e. The fraction of sp³-hybridized carbons (Fsp3) is 0.333. The largest absolute Gasteiger partial charge is 0.332 e. The first-order valence-corrected chi connectivity index (χ1v) is 9.34. The topological polar surface area (TPSA) is 66.0 Å². The van der Waals surface area contributed by atoms with Crippen LogP contribution in [0, 0.1) is 13.8 Å². The molecule has 5 nitrogen and oxygen atoms in total. The number of rotatable bonds is 7.